The molecule has 1 aromatic heterocycles. The number of rotatable bonds is 3. The van der Waals surface area contributed by atoms with E-state index in [4.69, 9.17) is 4.74 Å². The Morgan fingerprint density at radius 3 is 2.33 bits per heavy atom. The topological polar surface area (TPSA) is 95.2 Å². The second kappa shape index (κ2) is 5.00. The van der Waals surface area contributed by atoms with Crippen molar-refractivity contribution in [2.45, 2.75) is 0 Å². The average Bonchev–Trinajstić information content (AvgIpc) is 2.40. The van der Waals surface area contributed by atoms with Crippen LogP contribution in [-0.4, -0.2) is 20.9 Å². The monoisotopic (exact) mass is 245 g/mol. The van der Waals surface area contributed by atoms with Crippen LogP contribution in [-0.2, 0) is 0 Å². The zero-order valence-electron chi connectivity index (χ0n) is 9.02. The molecule has 1 aromatic carbocycles. The van der Waals surface area contributed by atoms with Crippen LogP contribution < -0.4 is 4.74 Å². The van der Waals surface area contributed by atoms with Gasteiger partial charge in [0.25, 0.3) is 0 Å². The number of carbonyl (C=O) groups is 1. The molecule has 7 nitrogen and oxygen atoms in total. The lowest BCUT2D eigenvalue weighted by atomic mass is 10.2. The highest BCUT2D eigenvalue weighted by Crippen LogP contribution is 2.11. The van der Waals surface area contributed by atoms with Crippen molar-refractivity contribution in [3.63, 3.8) is 0 Å². The first kappa shape index (κ1) is 11.6. The molecule has 0 saturated carbocycles. The van der Waals surface area contributed by atoms with Crippen LogP contribution in [0.2, 0.25) is 0 Å². The predicted molar refractivity (Wildman–Crippen MR) is 60.1 cm³/mol. The van der Waals surface area contributed by atoms with Crippen LogP contribution in [0.4, 0.5) is 5.69 Å². The minimum absolute atomic E-state index is 0.227. The first-order valence-corrected chi connectivity index (χ1v) is 4.90. The zero-order valence-corrected chi connectivity index (χ0v) is 9.02. The molecule has 0 radical (unpaired) electrons. The van der Waals surface area contributed by atoms with E-state index < -0.39 is 10.9 Å². The van der Waals surface area contributed by atoms with Crippen molar-refractivity contribution in [2.24, 2.45) is 0 Å². The third-order valence-electron chi connectivity index (χ3n) is 2.02. The molecule has 90 valence electrons. The molecule has 0 spiro atoms. The van der Waals surface area contributed by atoms with Gasteiger partial charge in [-0.25, -0.2) is 4.79 Å². The van der Waals surface area contributed by atoms with Crippen molar-refractivity contribution < 1.29 is 14.5 Å². The number of nitro groups is 1. The van der Waals surface area contributed by atoms with E-state index >= 15 is 0 Å². The summed E-state index contributed by atoms with van der Waals surface area (Å²) >= 11 is 0. The Morgan fingerprint density at radius 1 is 1.17 bits per heavy atom. The minimum atomic E-state index is -0.636. The van der Waals surface area contributed by atoms with Gasteiger partial charge in [0.1, 0.15) is 12.4 Å². The van der Waals surface area contributed by atoms with Crippen LogP contribution >= 0.6 is 0 Å². The van der Waals surface area contributed by atoms with Gasteiger partial charge >= 0.3 is 17.7 Å². The van der Waals surface area contributed by atoms with Gasteiger partial charge in [-0.1, -0.05) is 18.2 Å². The van der Waals surface area contributed by atoms with Gasteiger partial charge in [0.05, 0.1) is 10.5 Å². The van der Waals surface area contributed by atoms with E-state index in [-0.39, 0.29) is 11.7 Å². The van der Waals surface area contributed by atoms with Gasteiger partial charge in [0.2, 0.25) is 0 Å². The molecule has 0 bridgehead atoms. The van der Waals surface area contributed by atoms with Crippen LogP contribution in [0.25, 0.3) is 0 Å². The van der Waals surface area contributed by atoms with E-state index in [9.17, 15) is 14.9 Å². The Kier molecular flexibility index (Phi) is 3.24. The summed E-state index contributed by atoms with van der Waals surface area (Å²) in [6.45, 7) is 0. The highest BCUT2D eigenvalue weighted by atomic mass is 16.6. The molecule has 0 unspecified atom stereocenters. The van der Waals surface area contributed by atoms with E-state index in [1.807, 2.05) is 0 Å². The second-order valence-electron chi connectivity index (χ2n) is 3.24. The molecule has 1 heterocycles. The predicted octanol–water partition coefficient (Wildman–Crippen LogP) is 1.60. The zero-order chi connectivity index (χ0) is 13.0. The summed E-state index contributed by atoms with van der Waals surface area (Å²) in [6.07, 6.45) is 1.95. The van der Waals surface area contributed by atoms with E-state index in [1.165, 1.54) is 0 Å². The average molecular weight is 245 g/mol. The van der Waals surface area contributed by atoms with Crippen molar-refractivity contribution in [1.82, 2.24) is 9.97 Å². The maximum absolute atomic E-state index is 11.6. The van der Waals surface area contributed by atoms with Gasteiger partial charge in [0.15, 0.2) is 0 Å². The molecule has 0 amide bonds. The van der Waals surface area contributed by atoms with Crippen molar-refractivity contribution >= 4 is 11.7 Å². The molecule has 18 heavy (non-hydrogen) atoms. The minimum Gasteiger partial charge on any atom is -0.387 e. The number of ether oxygens (including phenoxy) is 1. The third kappa shape index (κ3) is 2.64. The molecule has 7 heteroatoms. The highest BCUT2D eigenvalue weighted by Gasteiger charge is 2.12. The molecular weight excluding hydrogens is 238 g/mol. The van der Waals surface area contributed by atoms with E-state index in [0.717, 1.165) is 12.4 Å². The molecule has 0 aliphatic carbocycles. The number of hydrogen-bond acceptors (Lipinski definition) is 6. The smallest absolute Gasteiger partial charge is 0.345 e. The quantitative estimate of drug-likeness (QED) is 0.463. The lowest BCUT2D eigenvalue weighted by Crippen LogP contribution is -2.10. The molecule has 2 rings (SSSR count). The van der Waals surface area contributed by atoms with Gasteiger partial charge in [0, 0.05) is 0 Å². The van der Waals surface area contributed by atoms with Crippen molar-refractivity contribution in [1.29, 1.82) is 0 Å². The summed E-state index contributed by atoms with van der Waals surface area (Å²) in [5.74, 6) is -0.621. The Morgan fingerprint density at radius 2 is 1.78 bits per heavy atom. The molecule has 2 aromatic rings. The number of nitrogens with zero attached hydrogens (tertiary/aromatic N) is 3. The molecule has 0 fully saturated rings. The highest BCUT2D eigenvalue weighted by molar-refractivity contribution is 5.90. The van der Waals surface area contributed by atoms with E-state index in [1.54, 1.807) is 30.3 Å². The Bertz CT molecular complexity index is 569. The van der Waals surface area contributed by atoms with Gasteiger partial charge in [-0.2, -0.15) is 9.97 Å². The molecule has 0 saturated heterocycles. The largest absolute Gasteiger partial charge is 0.387 e. The Hall–Kier alpha value is -2.83. The number of benzene rings is 1. The summed E-state index contributed by atoms with van der Waals surface area (Å²) in [6, 6.07) is 8.07. The maximum atomic E-state index is 11.6. The number of hydrogen-bond donors (Lipinski definition) is 0. The van der Waals surface area contributed by atoms with Crippen molar-refractivity contribution in [3.8, 4) is 6.01 Å². The summed E-state index contributed by atoms with van der Waals surface area (Å²) < 4.78 is 4.85. The number of esters is 1. The van der Waals surface area contributed by atoms with Crippen molar-refractivity contribution in [2.75, 3.05) is 0 Å². The van der Waals surface area contributed by atoms with Crippen LogP contribution in [0.15, 0.2) is 42.7 Å². The van der Waals surface area contributed by atoms with Crippen LogP contribution in [0.1, 0.15) is 10.4 Å². The van der Waals surface area contributed by atoms with Crippen LogP contribution in [0.5, 0.6) is 6.01 Å². The molecule has 0 N–H and O–H groups in total. The molecule has 0 atom stereocenters. The Labute approximate surface area is 101 Å². The molecule has 0 aliphatic rings. The van der Waals surface area contributed by atoms with Gasteiger partial charge < -0.3 is 4.74 Å². The summed E-state index contributed by atoms with van der Waals surface area (Å²) in [4.78, 5) is 28.5. The summed E-state index contributed by atoms with van der Waals surface area (Å²) in [7, 11) is 0. The normalized spacial score (nSPS) is 9.78. The first-order valence-electron chi connectivity index (χ1n) is 4.90. The van der Waals surface area contributed by atoms with Gasteiger partial charge in [-0.3, -0.25) is 10.1 Å². The van der Waals surface area contributed by atoms with Crippen LogP contribution in [0.3, 0.4) is 0 Å². The van der Waals surface area contributed by atoms with E-state index in [2.05, 4.69) is 9.97 Å². The number of carbonyl (C=O) groups excluding carboxylic acids is 1. The second-order valence-corrected chi connectivity index (χ2v) is 3.24. The van der Waals surface area contributed by atoms with Gasteiger partial charge in [-0.05, 0) is 12.1 Å². The number of aromatic nitrogens is 2. The first-order chi connectivity index (χ1) is 8.66. The van der Waals surface area contributed by atoms with Crippen molar-refractivity contribution in [3.05, 3.63) is 58.4 Å². The fraction of sp³-hybridized carbons (Fsp3) is 0. The summed E-state index contributed by atoms with van der Waals surface area (Å²) in [5.41, 5.74) is 0.0777. The molecular formula is C11H7N3O4. The fourth-order valence-electron chi connectivity index (χ4n) is 1.17. The lowest BCUT2D eigenvalue weighted by molar-refractivity contribution is -0.385. The lowest BCUT2D eigenvalue weighted by Gasteiger charge is -2.01. The standard InChI is InChI=1S/C11H7N3O4/c15-10(8-4-2-1-3-5-8)18-11-12-6-9(7-13-11)14(16)17/h1-7H. The molecule has 0 aliphatic heterocycles. The van der Waals surface area contributed by atoms with Crippen LogP contribution in [0, 0.1) is 10.1 Å². The third-order valence-corrected chi connectivity index (χ3v) is 2.02. The fourth-order valence-corrected chi connectivity index (χ4v) is 1.17. The SMILES string of the molecule is O=C(Oc1ncc([N+](=O)[O-])cn1)c1ccccc1. The Balaban J connectivity index is 2.10. The van der Waals surface area contributed by atoms with Gasteiger partial charge in [-0.15, -0.1) is 0 Å². The summed E-state index contributed by atoms with van der Waals surface area (Å²) in [5, 5.41) is 10.4. The maximum Gasteiger partial charge on any atom is 0.345 e. The van der Waals surface area contributed by atoms with E-state index in [0.29, 0.717) is 5.56 Å².